The Morgan fingerprint density at radius 1 is 1.21 bits per heavy atom. The number of nitrogens with one attached hydrogen (secondary N) is 1. The summed E-state index contributed by atoms with van der Waals surface area (Å²) in [7, 11) is 3.48. The first-order valence-corrected chi connectivity index (χ1v) is 7.48. The quantitative estimate of drug-likeness (QED) is 0.831. The average Bonchev–Trinajstić information content (AvgIpc) is 2.43. The van der Waals surface area contributed by atoms with Crippen molar-refractivity contribution in [3.05, 3.63) is 0 Å². The third-order valence-corrected chi connectivity index (χ3v) is 4.19. The zero-order chi connectivity index (χ0) is 14.4. The van der Waals surface area contributed by atoms with Crippen LogP contribution < -0.4 is 5.32 Å². The van der Waals surface area contributed by atoms with Crippen molar-refractivity contribution in [1.82, 2.24) is 10.2 Å². The van der Waals surface area contributed by atoms with Gasteiger partial charge in [0.05, 0.1) is 0 Å². The number of likely N-dealkylation sites (N-methyl/N-ethyl adjacent to an activating group) is 1. The Kier molecular flexibility index (Phi) is 6.32. The Morgan fingerprint density at radius 2 is 1.79 bits per heavy atom. The minimum atomic E-state index is -0.380. The standard InChI is InChI=1S/C15H28N2O2/c1-5-11(2)13(15(19)17(3)4)16-14(18)12-9-7-6-8-10-12/h11-13H,5-10H2,1-4H3,(H,16,18)/t11-,13-/m0/s1. The summed E-state index contributed by atoms with van der Waals surface area (Å²) < 4.78 is 0. The molecule has 0 radical (unpaired) electrons. The minimum absolute atomic E-state index is 0.00138. The van der Waals surface area contributed by atoms with Gasteiger partial charge in [-0.15, -0.1) is 0 Å². The Bertz CT molecular complexity index is 309. The Hall–Kier alpha value is -1.06. The Balaban J connectivity index is 2.65. The number of rotatable bonds is 5. The van der Waals surface area contributed by atoms with Gasteiger partial charge in [0, 0.05) is 20.0 Å². The fourth-order valence-corrected chi connectivity index (χ4v) is 2.60. The molecule has 0 heterocycles. The van der Waals surface area contributed by atoms with Gasteiger partial charge < -0.3 is 10.2 Å². The summed E-state index contributed by atoms with van der Waals surface area (Å²) in [5, 5.41) is 2.99. The Labute approximate surface area is 116 Å². The maximum absolute atomic E-state index is 12.3. The molecule has 0 unspecified atom stereocenters. The normalized spacial score (nSPS) is 19.6. The average molecular weight is 268 g/mol. The highest BCUT2D eigenvalue weighted by molar-refractivity contribution is 5.88. The van der Waals surface area contributed by atoms with Gasteiger partial charge in [0.1, 0.15) is 6.04 Å². The molecule has 0 bridgehead atoms. The second-order valence-corrected chi connectivity index (χ2v) is 5.94. The van der Waals surface area contributed by atoms with Crippen LogP contribution in [0.25, 0.3) is 0 Å². The number of nitrogens with zero attached hydrogens (tertiary/aromatic N) is 1. The van der Waals surface area contributed by atoms with Crippen LogP contribution in [0, 0.1) is 11.8 Å². The molecule has 19 heavy (non-hydrogen) atoms. The summed E-state index contributed by atoms with van der Waals surface area (Å²) in [6.45, 7) is 4.07. The summed E-state index contributed by atoms with van der Waals surface area (Å²) in [5.41, 5.74) is 0. The molecule has 4 nitrogen and oxygen atoms in total. The van der Waals surface area contributed by atoms with Crippen molar-refractivity contribution in [2.24, 2.45) is 11.8 Å². The molecule has 2 atom stereocenters. The van der Waals surface area contributed by atoms with E-state index < -0.39 is 0 Å². The van der Waals surface area contributed by atoms with Crippen molar-refractivity contribution in [1.29, 1.82) is 0 Å². The molecule has 0 aromatic carbocycles. The van der Waals surface area contributed by atoms with E-state index in [0.29, 0.717) is 0 Å². The second kappa shape index (κ2) is 7.51. The zero-order valence-electron chi connectivity index (χ0n) is 12.7. The first-order chi connectivity index (χ1) is 8.97. The number of carbonyl (C=O) groups excluding carboxylic acids is 2. The molecule has 1 N–H and O–H groups in total. The van der Waals surface area contributed by atoms with E-state index in [1.807, 2.05) is 13.8 Å². The van der Waals surface area contributed by atoms with E-state index in [1.54, 1.807) is 19.0 Å². The van der Waals surface area contributed by atoms with Crippen LogP contribution in [-0.2, 0) is 9.59 Å². The number of amides is 2. The molecular weight excluding hydrogens is 240 g/mol. The molecule has 110 valence electrons. The van der Waals surface area contributed by atoms with E-state index >= 15 is 0 Å². The van der Waals surface area contributed by atoms with Crippen molar-refractivity contribution in [3.8, 4) is 0 Å². The van der Waals surface area contributed by atoms with Crippen molar-refractivity contribution < 1.29 is 9.59 Å². The van der Waals surface area contributed by atoms with Gasteiger partial charge in [0.2, 0.25) is 11.8 Å². The molecule has 1 fully saturated rings. The molecule has 1 aliphatic rings. The predicted octanol–water partition coefficient (Wildman–Crippen LogP) is 2.19. The maximum atomic E-state index is 12.3. The van der Waals surface area contributed by atoms with Gasteiger partial charge >= 0.3 is 0 Å². The van der Waals surface area contributed by atoms with Gasteiger partial charge in [-0.25, -0.2) is 0 Å². The molecule has 0 aliphatic heterocycles. The van der Waals surface area contributed by atoms with Gasteiger partial charge in [-0.2, -0.15) is 0 Å². The van der Waals surface area contributed by atoms with Crippen LogP contribution in [0.1, 0.15) is 52.4 Å². The minimum Gasteiger partial charge on any atom is -0.347 e. The molecule has 0 saturated heterocycles. The molecule has 0 aromatic heterocycles. The van der Waals surface area contributed by atoms with E-state index in [2.05, 4.69) is 5.32 Å². The lowest BCUT2D eigenvalue weighted by Crippen LogP contribution is -2.51. The summed E-state index contributed by atoms with van der Waals surface area (Å²) in [6, 6.07) is -0.380. The highest BCUT2D eigenvalue weighted by atomic mass is 16.2. The molecule has 0 aromatic rings. The summed E-state index contributed by atoms with van der Waals surface area (Å²) in [4.78, 5) is 26.0. The van der Waals surface area contributed by atoms with Gasteiger partial charge in [-0.05, 0) is 18.8 Å². The van der Waals surface area contributed by atoms with E-state index in [4.69, 9.17) is 0 Å². The molecular formula is C15H28N2O2. The number of hydrogen-bond donors (Lipinski definition) is 1. The second-order valence-electron chi connectivity index (χ2n) is 5.94. The molecule has 1 aliphatic carbocycles. The zero-order valence-corrected chi connectivity index (χ0v) is 12.7. The van der Waals surface area contributed by atoms with Crippen LogP contribution in [0.3, 0.4) is 0 Å². The Morgan fingerprint density at radius 3 is 2.26 bits per heavy atom. The van der Waals surface area contributed by atoms with Gasteiger partial charge in [0.25, 0.3) is 0 Å². The largest absolute Gasteiger partial charge is 0.347 e. The van der Waals surface area contributed by atoms with Crippen molar-refractivity contribution in [2.45, 2.75) is 58.4 Å². The fraction of sp³-hybridized carbons (Fsp3) is 0.867. The summed E-state index contributed by atoms with van der Waals surface area (Å²) >= 11 is 0. The van der Waals surface area contributed by atoms with Crippen LogP contribution in [0.4, 0.5) is 0 Å². The first-order valence-electron chi connectivity index (χ1n) is 7.48. The number of carbonyl (C=O) groups is 2. The topological polar surface area (TPSA) is 49.4 Å². The SMILES string of the molecule is CC[C@H](C)[C@H](NC(=O)C1CCCCC1)C(=O)N(C)C. The van der Waals surface area contributed by atoms with Crippen LogP contribution in [0.2, 0.25) is 0 Å². The van der Waals surface area contributed by atoms with Gasteiger partial charge in [-0.3, -0.25) is 9.59 Å². The van der Waals surface area contributed by atoms with Crippen molar-refractivity contribution in [3.63, 3.8) is 0 Å². The van der Waals surface area contributed by atoms with E-state index in [-0.39, 0.29) is 29.7 Å². The molecule has 4 heteroatoms. The van der Waals surface area contributed by atoms with Crippen LogP contribution in [0.15, 0.2) is 0 Å². The monoisotopic (exact) mass is 268 g/mol. The lowest BCUT2D eigenvalue weighted by atomic mass is 9.88. The van der Waals surface area contributed by atoms with Crippen LogP contribution in [0.5, 0.6) is 0 Å². The highest BCUT2D eigenvalue weighted by Gasteiger charge is 2.30. The van der Waals surface area contributed by atoms with Gasteiger partial charge in [-0.1, -0.05) is 39.5 Å². The lowest BCUT2D eigenvalue weighted by Gasteiger charge is -2.29. The summed E-state index contributed by atoms with van der Waals surface area (Å²) in [5.74, 6) is 0.344. The maximum Gasteiger partial charge on any atom is 0.244 e. The summed E-state index contributed by atoms with van der Waals surface area (Å²) in [6.07, 6.45) is 6.32. The third kappa shape index (κ3) is 4.51. The smallest absolute Gasteiger partial charge is 0.244 e. The first kappa shape index (κ1) is 16.0. The third-order valence-electron chi connectivity index (χ3n) is 4.19. The van der Waals surface area contributed by atoms with Crippen molar-refractivity contribution >= 4 is 11.8 Å². The molecule has 1 rings (SSSR count). The molecule has 0 spiro atoms. The van der Waals surface area contributed by atoms with Crippen molar-refractivity contribution in [2.75, 3.05) is 14.1 Å². The van der Waals surface area contributed by atoms with E-state index in [9.17, 15) is 9.59 Å². The predicted molar refractivity (Wildman–Crippen MR) is 76.7 cm³/mol. The van der Waals surface area contributed by atoms with Crippen LogP contribution >= 0.6 is 0 Å². The van der Waals surface area contributed by atoms with Gasteiger partial charge in [0.15, 0.2) is 0 Å². The van der Waals surface area contributed by atoms with E-state index in [0.717, 1.165) is 32.1 Å². The molecule has 2 amide bonds. The lowest BCUT2D eigenvalue weighted by molar-refractivity contribution is -0.137. The van der Waals surface area contributed by atoms with E-state index in [1.165, 1.54) is 6.42 Å². The van der Waals surface area contributed by atoms with Crippen LogP contribution in [-0.4, -0.2) is 36.9 Å². The molecule has 1 saturated carbocycles. The fourth-order valence-electron chi connectivity index (χ4n) is 2.60. The number of hydrogen-bond acceptors (Lipinski definition) is 2. The highest BCUT2D eigenvalue weighted by Crippen LogP contribution is 2.24.